The molecule has 0 unspecified atom stereocenters. The molecular formula is C14H20FN3O. The number of rotatable bonds is 2. The van der Waals surface area contributed by atoms with E-state index in [1.807, 2.05) is 0 Å². The Balaban J connectivity index is 1.96. The Hall–Kier alpha value is -1.62. The van der Waals surface area contributed by atoms with Crippen molar-refractivity contribution in [3.63, 3.8) is 0 Å². The maximum atomic E-state index is 12.9. The molecule has 1 heterocycles. The fourth-order valence-electron chi connectivity index (χ4n) is 2.23. The first-order valence-electron chi connectivity index (χ1n) is 6.47. The van der Waals surface area contributed by atoms with Crippen LogP contribution in [0.25, 0.3) is 0 Å². The molecule has 0 radical (unpaired) electrons. The average molecular weight is 265 g/mol. The highest BCUT2D eigenvalue weighted by atomic mass is 19.1. The summed E-state index contributed by atoms with van der Waals surface area (Å²) in [4.78, 5) is 16.0. The Morgan fingerprint density at radius 2 is 1.68 bits per heavy atom. The number of carbonyl (C=O) groups is 1. The van der Waals surface area contributed by atoms with Crippen molar-refractivity contribution in [2.45, 2.75) is 19.4 Å². The maximum absolute atomic E-state index is 12.9. The van der Waals surface area contributed by atoms with Crippen LogP contribution in [0.15, 0.2) is 24.3 Å². The van der Waals surface area contributed by atoms with E-state index >= 15 is 0 Å². The third kappa shape index (κ3) is 3.23. The molecule has 2 N–H and O–H groups in total. The van der Waals surface area contributed by atoms with Gasteiger partial charge in [0.2, 0.25) is 5.91 Å². The summed E-state index contributed by atoms with van der Waals surface area (Å²) >= 11 is 0. The van der Waals surface area contributed by atoms with Crippen LogP contribution < -0.4 is 10.6 Å². The molecule has 1 aliphatic heterocycles. The molecule has 2 rings (SSSR count). The van der Waals surface area contributed by atoms with Crippen LogP contribution in [0.4, 0.5) is 10.1 Å². The predicted octanol–water partition coefficient (Wildman–Crippen LogP) is 1.21. The summed E-state index contributed by atoms with van der Waals surface area (Å²) in [5.41, 5.74) is 5.99. The molecule has 0 saturated carbocycles. The highest BCUT2D eigenvalue weighted by molar-refractivity contribution is 5.85. The smallest absolute Gasteiger partial charge is 0.242 e. The van der Waals surface area contributed by atoms with Crippen molar-refractivity contribution >= 4 is 11.6 Å². The molecule has 1 saturated heterocycles. The summed E-state index contributed by atoms with van der Waals surface area (Å²) in [6.45, 7) is 6.23. The number of hydrogen-bond acceptors (Lipinski definition) is 3. The van der Waals surface area contributed by atoms with E-state index in [2.05, 4.69) is 4.90 Å². The summed E-state index contributed by atoms with van der Waals surface area (Å²) < 4.78 is 12.9. The van der Waals surface area contributed by atoms with Gasteiger partial charge >= 0.3 is 0 Å². The van der Waals surface area contributed by atoms with E-state index < -0.39 is 5.54 Å². The van der Waals surface area contributed by atoms with Gasteiger partial charge in [-0.3, -0.25) is 4.79 Å². The highest BCUT2D eigenvalue weighted by Crippen LogP contribution is 2.17. The molecule has 0 spiro atoms. The van der Waals surface area contributed by atoms with Crippen molar-refractivity contribution < 1.29 is 9.18 Å². The molecule has 1 aromatic carbocycles. The largest absolute Gasteiger partial charge is 0.368 e. The number of hydrogen-bond donors (Lipinski definition) is 1. The zero-order valence-corrected chi connectivity index (χ0v) is 11.4. The molecule has 1 fully saturated rings. The first-order valence-corrected chi connectivity index (χ1v) is 6.47. The molecule has 0 bridgehead atoms. The van der Waals surface area contributed by atoms with Crippen molar-refractivity contribution in [3.8, 4) is 0 Å². The topological polar surface area (TPSA) is 49.6 Å². The molecule has 1 aliphatic rings. The summed E-state index contributed by atoms with van der Waals surface area (Å²) in [6, 6.07) is 6.44. The van der Waals surface area contributed by atoms with Gasteiger partial charge in [0, 0.05) is 31.9 Å². The van der Waals surface area contributed by atoms with Gasteiger partial charge in [0.15, 0.2) is 0 Å². The van der Waals surface area contributed by atoms with Gasteiger partial charge in [0.25, 0.3) is 0 Å². The molecule has 104 valence electrons. The quantitative estimate of drug-likeness (QED) is 0.874. The van der Waals surface area contributed by atoms with Gasteiger partial charge < -0.3 is 15.5 Å². The van der Waals surface area contributed by atoms with Crippen LogP contribution in [0.3, 0.4) is 0 Å². The van der Waals surface area contributed by atoms with E-state index in [9.17, 15) is 9.18 Å². The number of carbonyl (C=O) groups excluding carboxylic acids is 1. The minimum Gasteiger partial charge on any atom is -0.368 e. The normalized spacial score (nSPS) is 16.6. The number of amides is 1. The molecule has 0 aliphatic carbocycles. The lowest BCUT2D eigenvalue weighted by Gasteiger charge is -2.38. The van der Waals surface area contributed by atoms with Crippen molar-refractivity contribution in [1.29, 1.82) is 0 Å². The van der Waals surface area contributed by atoms with Crippen molar-refractivity contribution in [2.75, 3.05) is 31.1 Å². The Morgan fingerprint density at radius 1 is 1.16 bits per heavy atom. The SMILES string of the molecule is CC(C)(N)C(=O)N1CCN(c2ccc(F)cc2)CC1. The second-order valence-corrected chi connectivity index (χ2v) is 5.48. The van der Waals surface area contributed by atoms with Gasteiger partial charge in [-0.25, -0.2) is 4.39 Å². The lowest BCUT2D eigenvalue weighted by molar-refractivity contribution is -0.136. The first kappa shape index (κ1) is 13.8. The summed E-state index contributed by atoms with van der Waals surface area (Å²) in [5, 5.41) is 0. The monoisotopic (exact) mass is 265 g/mol. The van der Waals surface area contributed by atoms with Gasteiger partial charge in [-0.1, -0.05) is 0 Å². The Morgan fingerprint density at radius 3 is 2.16 bits per heavy atom. The average Bonchev–Trinajstić information content (AvgIpc) is 2.38. The number of benzene rings is 1. The Kier molecular flexibility index (Phi) is 3.75. The van der Waals surface area contributed by atoms with Gasteiger partial charge in [-0.2, -0.15) is 0 Å². The number of nitrogens with zero attached hydrogens (tertiary/aromatic N) is 2. The second kappa shape index (κ2) is 5.17. The molecule has 1 amide bonds. The van der Waals surface area contributed by atoms with Gasteiger partial charge in [-0.05, 0) is 38.1 Å². The molecule has 4 nitrogen and oxygen atoms in total. The number of piperazine rings is 1. The molecule has 0 atom stereocenters. The lowest BCUT2D eigenvalue weighted by Crippen LogP contribution is -2.57. The van der Waals surface area contributed by atoms with Gasteiger partial charge in [0.1, 0.15) is 5.82 Å². The fourth-order valence-corrected chi connectivity index (χ4v) is 2.23. The summed E-state index contributed by atoms with van der Waals surface area (Å²) in [6.07, 6.45) is 0. The summed E-state index contributed by atoms with van der Waals surface area (Å²) in [5.74, 6) is -0.256. The third-order valence-electron chi connectivity index (χ3n) is 3.31. The summed E-state index contributed by atoms with van der Waals surface area (Å²) in [7, 11) is 0. The van der Waals surface area contributed by atoms with Gasteiger partial charge in [0.05, 0.1) is 5.54 Å². The van der Waals surface area contributed by atoms with Crippen LogP contribution in [0.1, 0.15) is 13.8 Å². The highest BCUT2D eigenvalue weighted by Gasteiger charge is 2.30. The standard InChI is InChI=1S/C14H20FN3O/c1-14(2,16)13(19)18-9-7-17(8-10-18)12-5-3-11(15)4-6-12/h3-6H,7-10,16H2,1-2H3. The van der Waals surface area contributed by atoms with Crippen molar-refractivity contribution in [2.24, 2.45) is 5.73 Å². The molecule has 5 heteroatoms. The zero-order chi connectivity index (χ0) is 14.0. The minimum absolute atomic E-state index is 0.0220. The van der Waals surface area contributed by atoms with E-state index in [4.69, 9.17) is 5.73 Å². The van der Waals surface area contributed by atoms with Crippen molar-refractivity contribution in [1.82, 2.24) is 4.90 Å². The van der Waals surface area contributed by atoms with Crippen molar-refractivity contribution in [3.05, 3.63) is 30.1 Å². The van der Waals surface area contributed by atoms with E-state index in [1.54, 1.807) is 30.9 Å². The fraction of sp³-hybridized carbons (Fsp3) is 0.500. The van der Waals surface area contributed by atoms with Crippen LogP contribution in [0.5, 0.6) is 0 Å². The Labute approximate surface area is 113 Å². The first-order chi connectivity index (χ1) is 8.88. The molecule has 0 aromatic heterocycles. The molecular weight excluding hydrogens is 245 g/mol. The number of anilines is 1. The van der Waals surface area contributed by atoms with Crippen LogP contribution >= 0.6 is 0 Å². The van der Waals surface area contributed by atoms with E-state index in [0.717, 1.165) is 18.8 Å². The van der Waals surface area contributed by atoms with E-state index in [1.165, 1.54) is 12.1 Å². The second-order valence-electron chi connectivity index (χ2n) is 5.48. The van der Waals surface area contributed by atoms with Crippen LogP contribution in [0.2, 0.25) is 0 Å². The minimum atomic E-state index is -0.821. The van der Waals surface area contributed by atoms with Gasteiger partial charge in [-0.15, -0.1) is 0 Å². The maximum Gasteiger partial charge on any atom is 0.242 e. The van der Waals surface area contributed by atoms with E-state index in [-0.39, 0.29) is 11.7 Å². The van der Waals surface area contributed by atoms with Crippen LogP contribution in [-0.4, -0.2) is 42.5 Å². The Bertz CT molecular complexity index is 445. The number of nitrogens with two attached hydrogens (primary N) is 1. The van der Waals surface area contributed by atoms with Crippen LogP contribution in [-0.2, 0) is 4.79 Å². The van der Waals surface area contributed by atoms with Crippen LogP contribution in [0, 0.1) is 5.82 Å². The molecule has 1 aromatic rings. The third-order valence-corrected chi connectivity index (χ3v) is 3.31. The molecule has 19 heavy (non-hydrogen) atoms. The van der Waals surface area contributed by atoms with E-state index in [0.29, 0.717) is 13.1 Å². The number of halogens is 1. The zero-order valence-electron chi connectivity index (χ0n) is 11.4. The predicted molar refractivity (Wildman–Crippen MR) is 73.5 cm³/mol. The lowest BCUT2D eigenvalue weighted by atomic mass is 10.0.